The number of fused-ring (bicyclic) bond motifs is 1. The zero-order chi connectivity index (χ0) is 11.1. The van der Waals surface area contributed by atoms with E-state index in [1.807, 2.05) is 11.8 Å². The summed E-state index contributed by atoms with van der Waals surface area (Å²) >= 11 is 1.87. The zero-order valence-electron chi connectivity index (χ0n) is 8.64. The van der Waals surface area contributed by atoms with Gasteiger partial charge in [0, 0.05) is 17.9 Å². The summed E-state index contributed by atoms with van der Waals surface area (Å²) < 4.78 is 1.77. The van der Waals surface area contributed by atoms with Gasteiger partial charge in [0.25, 0.3) is 0 Å². The van der Waals surface area contributed by atoms with Crippen LogP contribution in [0.3, 0.4) is 0 Å². The molecule has 0 amide bonds. The standard InChI is InChI=1S/C11H12N2O2S/c14-8-1-2-9-10(5-8)13(11(15)12-9)7-3-4-16-6-7/h1-2,5,7,14H,3-4,6H2,(H,12,15). The van der Waals surface area contributed by atoms with Gasteiger partial charge in [-0.15, -0.1) is 0 Å². The third-order valence-corrected chi connectivity index (χ3v) is 4.12. The number of phenols is 1. The maximum atomic E-state index is 11.9. The lowest BCUT2D eigenvalue weighted by Crippen LogP contribution is -2.21. The summed E-state index contributed by atoms with van der Waals surface area (Å²) in [5.74, 6) is 2.27. The Labute approximate surface area is 96.3 Å². The molecule has 1 fully saturated rings. The molecular weight excluding hydrogens is 224 g/mol. The van der Waals surface area contributed by atoms with Crippen molar-refractivity contribution >= 4 is 22.8 Å². The lowest BCUT2D eigenvalue weighted by Gasteiger charge is -2.10. The van der Waals surface area contributed by atoms with Crippen molar-refractivity contribution in [1.82, 2.24) is 9.55 Å². The van der Waals surface area contributed by atoms with Crippen molar-refractivity contribution in [3.63, 3.8) is 0 Å². The van der Waals surface area contributed by atoms with Crippen molar-refractivity contribution in [2.24, 2.45) is 0 Å². The van der Waals surface area contributed by atoms with Crippen LogP contribution in [-0.2, 0) is 0 Å². The van der Waals surface area contributed by atoms with E-state index in [0.29, 0.717) is 0 Å². The highest BCUT2D eigenvalue weighted by atomic mass is 32.2. The first kappa shape index (κ1) is 9.84. The van der Waals surface area contributed by atoms with E-state index in [4.69, 9.17) is 0 Å². The van der Waals surface area contributed by atoms with Crippen LogP contribution in [0.4, 0.5) is 0 Å². The maximum Gasteiger partial charge on any atom is 0.326 e. The van der Waals surface area contributed by atoms with E-state index in [2.05, 4.69) is 4.98 Å². The number of phenolic OH excluding ortho intramolecular Hbond substituents is 1. The topological polar surface area (TPSA) is 58.0 Å². The number of nitrogens with zero attached hydrogens (tertiary/aromatic N) is 1. The largest absolute Gasteiger partial charge is 0.508 e. The van der Waals surface area contributed by atoms with Crippen molar-refractivity contribution in [2.45, 2.75) is 12.5 Å². The molecular formula is C11H12N2O2S. The number of rotatable bonds is 1. The Bertz CT molecular complexity index is 581. The van der Waals surface area contributed by atoms with E-state index >= 15 is 0 Å². The number of hydrogen-bond acceptors (Lipinski definition) is 3. The van der Waals surface area contributed by atoms with Crippen LogP contribution in [0.2, 0.25) is 0 Å². The highest BCUT2D eigenvalue weighted by Crippen LogP contribution is 2.29. The Hall–Kier alpha value is -1.36. The van der Waals surface area contributed by atoms with Crippen LogP contribution in [0.25, 0.3) is 11.0 Å². The molecule has 0 spiro atoms. The minimum Gasteiger partial charge on any atom is -0.508 e. The molecule has 1 saturated heterocycles. The van der Waals surface area contributed by atoms with Gasteiger partial charge >= 0.3 is 5.69 Å². The molecule has 1 atom stereocenters. The Kier molecular flexibility index (Phi) is 2.21. The summed E-state index contributed by atoms with van der Waals surface area (Å²) in [4.78, 5) is 14.7. The fraction of sp³-hybridized carbons (Fsp3) is 0.364. The molecule has 2 aromatic rings. The second-order valence-corrected chi connectivity index (χ2v) is 5.17. The molecule has 1 aromatic carbocycles. The molecule has 1 aliphatic heterocycles. The zero-order valence-corrected chi connectivity index (χ0v) is 9.46. The summed E-state index contributed by atoms with van der Waals surface area (Å²) in [6, 6.07) is 5.24. The molecule has 1 aliphatic rings. The van der Waals surface area contributed by atoms with Gasteiger partial charge in [-0.25, -0.2) is 4.79 Å². The second-order valence-electron chi connectivity index (χ2n) is 4.02. The van der Waals surface area contributed by atoms with Crippen LogP contribution in [-0.4, -0.2) is 26.2 Å². The number of thioether (sulfide) groups is 1. The third kappa shape index (κ3) is 1.43. The smallest absolute Gasteiger partial charge is 0.326 e. The van der Waals surface area contributed by atoms with Crippen LogP contribution in [0.5, 0.6) is 5.75 Å². The van der Waals surface area contributed by atoms with Gasteiger partial charge in [-0.3, -0.25) is 4.57 Å². The lowest BCUT2D eigenvalue weighted by molar-refractivity contribution is 0.475. The van der Waals surface area contributed by atoms with Gasteiger partial charge in [0.15, 0.2) is 0 Å². The molecule has 3 rings (SSSR count). The number of aromatic nitrogens is 2. The molecule has 16 heavy (non-hydrogen) atoms. The summed E-state index contributed by atoms with van der Waals surface area (Å²) in [5, 5.41) is 9.47. The first-order valence-electron chi connectivity index (χ1n) is 5.27. The van der Waals surface area contributed by atoms with Crippen molar-refractivity contribution in [3.05, 3.63) is 28.7 Å². The van der Waals surface area contributed by atoms with Crippen LogP contribution >= 0.6 is 11.8 Å². The van der Waals surface area contributed by atoms with Gasteiger partial charge in [-0.2, -0.15) is 11.8 Å². The average molecular weight is 236 g/mol. The molecule has 4 nitrogen and oxygen atoms in total. The molecule has 5 heteroatoms. The van der Waals surface area contributed by atoms with Crippen LogP contribution in [0, 0.1) is 0 Å². The maximum absolute atomic E-state index is 11.9. The monoisotopic (exact) mass is 236 g/mol. The van der Waals surface area contributed by atoms with Gasteiger partial charge in [0.2, 0.25) is 0 Å². The number of aromatic hydroxyl groups is 1. The molecule has 2 N–H and O–H groups in total. The van der Waals surface area contributed by atoms with E-state index in [9.17, 15) is 9.90 Å². The minimum absolute atomic E-state index is 0.0758. The molecule has 1 unspecified atom stereocenters. The molecule has 84 valence electrons. The summed E-state index contributed by atoms with van der Waals surface area (Å²) in [6.07, 6.45) is 1.02. The number of benzene rings is 1. The van der Waals surface area contributed by atoms with Crippen LogP contribution < -0.4 is 5.69 Å². The van der Waals surface area contributed by atoms with E-state index in [-0.39, 0.29) is 17.5 Å². The van der Waals surface area contributed by atoms with Gasteiger partial charge in [-0.1, -0.05) is 0 Å². The van der Waals surface area contributed by atoms with Crippen molar-refractivity contribution in [2.75, 3.05) is 11.5 Å². The normalized spacial score (nSPS) is 20.6. The number of nitrogens with one attached hydrogen (secondary N) is 1. The highest BCUT2D eigenvalue weighted by Gasteiger charge is 2.21. The molecule has 2 heterocycles. The van der Waals surface area contributed by atoms with Crippen LogP contribution in [0.15, 0.2) is 23.0 Å². The van der Waals surface area contributed by atoms with Gasteiger partial charge < -0.3 is 10.1 Å². The molecule has 1 aromatic heterocycles. The summed E-state index contributed by atoms with van der Waals surface area (Å²) in [5.41, 5.74) is 1.52. The third-order valence-electron chi connectivity index (χ3n) is 2.97. The summed E-state index contributed by atoms with van der Waals surface area (Å²) in [6.45, 7) is 0. The Morgan fingerprint density at radius 1 is 1.50 bits per heavy atom. The van der Waals surface area contributed by atoms with Gasteiger partial charge in [-0.05, 0) is 24.3 Å². The lowest BCUT2D eigenvalue weighted by atomic mass is 10.2. The van der Waals surface area contributed by atoms with E-state index in [1.54, 1.807) is 22.8 Å². The van der Waals surface area contributed by atoms with Crippen LogP contribution in [0.1, 0.15) is 12.5 Å². The number of aromatic amines is 1. The van der Waals surface area contributed by atoms with Gasteiger partial charge in [0.1, 0.15) is 5.75 Å². The predicted molar refractivity (Wildman–Crippen MR) is 65.2 cm³/mol. The Balaban J connectivity index is 2.25. The first-order valence-corrected chi connectivity index (χ1v) is 6.42. The van der Waals surface area contributed by atoms with Crippen molar-refractivity contribution in [3.8, 4) is 5.75 Å². The quantitative estimate of drug-likeness (QED) is 0.792. The Morgan fingerprint density at radius 2 is 2.38 bits per heavy atom. The SMILES string of the molecule is O=c1[nH]c2ccc(O)cc2n1C1CCSC1. The molecule has 0 aliphatic carbocycles. The molecule has 0 radical (unpaired) electrons. The van der Waals surface area contributed by atoms with E-state index in [0.717, 1.165) is 29.0 Å². The first-order chi connectivity index (χ1) is 7.75. The predicted octanol–water partition coefficient (Wildman–Crippen LogP) is 1.71. The average Bonchev–Trinajstić information content (AvgIpc) is 2.83. The number of imidazole rings is 1. The molecule has 0 bridgehead atoms. The highest BCUT2D eigenvalue weighted by molar-refractivity contribution is 7.99. The Morgan fingerprint density at radius 3 is 3.12 bits per heavy atom. The minimum atomic E-state index is -0.0758. The van der Waals surface area contributed by atoms with Gasteiger partial charge in [0.05, 0.1) is 11.0 Å². The van der Waals surface area contributed by atoms with E-state index < -0.39 is 0 Å². The fourth-order valence-corrected chi connectivity index (χ4v) is 3.39. The van der Waals surface area contributed by atoms with Crippen molar-refractivity contribution < 1.29 is 5.11 Å². The fourth-order valence-electron chi connectivity index (χ4n) is 2.20. The summed E-state index contributed by atoms with van der Waals surface area (Å²) in [7, 11) is 0. The van der Waals surface area contributed by atoms with E-state index in [1.165, 1.54) is 0 Å². The number of hydrogen-bond donors (Lipinski definition) is 2. The molecule has 0 saturated carbocycles. The number of H-pyrrole nitrogens is 1. The second kappa shape index (κ2) is 3.59. The van der Waals surface area contributed by atoms with Crippen molar-refractivity contribution in [1.29, 1.82) is 0 Å².